The zero-order valence-corrected chi connectivity index (χ0v) is 16.1. The van der Waals surface area contributed by atoms with E-state index in [1.165, 1.54) is 24.8 Å². The van der Waals surface area contributed by atoms with Crippen molar-refractivity contribution in [2.24, 2.45) is 7.05 Å². The zero-order chi connectivity index (χ0) is 18.5. The number of carbonyl (C=O) groups excluding carboxylic acids is 1. The molecule has 1 unspecified atom stereocenters. The molecule has 142 valence electrons. The van der Waals surface area contributed by atoms with Gasteiger partial charge in [0.25, 0.3) is 0 Å². The first-order chi connectivity index (χ1) is 12.6. The van der Waals surface area contributed by atoms with Gasteiger partial charge in [0.1, 0.15) is 5.76 Å². The molecule has 0 aromatic carbocycles. The smallest absolute Gasteiger partial charge is 0.220 e. The van der Waals surface area contributed by atoms with Crippen molar-refractivity contribution in [2.75, 3.05) is 19.6 Å². The van der Waals surface area contributed by atoms with Gasteiger partial charge in [-0.25, -0.2) is 0 Å². The molecule has 2 aromatic rings. The van der Waals surface area contributed by atoms with E-state index in [-0.39, 0.29) is 11.9 Å². The number of nitrogens with zero attached hydrogens (tertiary/aromatic N) is 3. The number of nitrogens with one attached hydrogen (secondary N) is 1. The number of carbonyl (C=O) groups is 1. The lowest BCUT2D eigenvalue weighted by Crippen LogP contribution is -2.40. The van der Waals surface area contributed by atoms with Crippen LogP contribution in [-0.4, -0.2) is 40.2 Å². The summed E-state index contributed by atoms with van der Waals surface area (Å²) in [6.45, 7) is 6.78. The fourth-order valence-electron chi connectivity index (χ4n) is 3.84. The summed E-state index contributed by atoms with van der Waals surface area (Å²) in [7, 11) is 1.94. The quantitative estimate of drug-likeness (QED) is 0.827. The molecule has 1 saturated heterocycles. The third kappa shape index (κ3) is 4.36. The van der Waals surface area contributed by atoms with Crippen molar-refractivity contribution in [3.05, 3.63) is 41.1 Å². The Morgan fingerprint density at radius 1 is 1.31 bits per heavy atom. The van der Waals surface area contributed by atoms with Gasteiger partial charge in [-0.2, -0.15) is 5.10 Å². The zero-order valence-electron chi connectivity index (χ0n) is 16.1. The second-order valence-electron chi connectivity index (χ2n) is 7.20. The Hall–Kier alpha value is -2.08. The van der Waals surface area contributed by atoms with Gasteiger partial charge in [-0.05, 0) is 63.9 Å². The maximum atomic E-state index is 12.4. The van der Waals surface area contributed by atoms with Crippen molar-refractivity contribution in [1.29, 1.82) is 0 Å². The molecule has 1 fully saturated rings. The number of likely N-dealkylation sites (tertiary alicyclic amines) is 1. The normalized spacial score (nSPS) is 16.6. The third-order valence-corrected chi connectivity index (χ3v) is 5.46. The van der Waals surface area contributed by atoms with Gasteiger partial charge in [-0.3, -0.25) is 14.4 Å². The van der Waals surface area contributed by atoms with E-state index in [9.17, 15) is 4.79 Å². The molecule has 1 aliphatic heterocycles. The maximum absolute atomic E-state index is 12.4. The van der Waals surface area contributed by atoms with E-state index in [1.807, 2.05) is 30.8 Å². The first-order valence-corrected chi connectivity index (χ1v) is 9.59. The van der Waals surface area contributed by atoms with Gasteiger partial charge in [-0.15, -0.1) is 0 Å². The molecule has 1 N–H and O–H groups in total. The average Bonchev–Trinajstić information content (AvgIpc) is 3.24. The first kappa shape index (κ1) is 18.7. The van der Waals surface area contributed by atoms with E-state index in [4.69, 9.17) is 4.42 Å². The molecule has 0 bridgehead atoms. The van der Waals surface area contributed by atoms with Crippen molar-refractivity contribution >= 4 is 5.91 Å². The highest BCUT2D eigenvalue weighted by atomic mass is 16.3. The number of hydrogen-bond acceptors (Lipinski definition) is 4. The Morgan fingerprint density at radius 3 is 2.69 bits per heavy atom. The highest BCUT2D eigenvalue weighted by Crippen LogP contribution is 2.24. The Bertz CT molecular complexity index is 715. The SMILES string of the molecule is Cc1nn(C)c(C)c1CCC(=O)NCC(c1ccco1)N1CCCCC1. The number of aryl methyl sites for hydroxylation is 2. The van der Waals surface area contributed by atoms with Crippen molar-refractivity contribution < 1.29 is 9.21 Å². The van der Waals surface area contributed by atoms with Crippen molar-refractivity contribution in [3.8, 4) is 0 Å². The predicted molar refractivity (Wildman–Crippen MR) is 101 cm³/mol. The Kier molecular flexibility index (Phi) is 6.14. The largest absolute Gasteiger partial charge is 0.468 e. The standard InChI is InChI=1S/C20H30N4O2/c1-15-17(16(2)23(3)22-15)9-10-20(25)21-14-18(19-8-7-13-26-19)24-11-5-4-6-12-24/h7-8,13,18H,4-6,9-12,14H2,1-3H3,(H,21,25). The lowest BCUT2D eigenvalue weighted by molar-refractivity contribution is -0.121. The highest BCUT2D eigenvalue weighted by molar-refractivity contribution is 5.76. The van der Waals surface area contributed by atoms with Crippen LogP contribution in [0.15, 0.2) is 22.8 Å². The Balaban J connectivity index is 1.55. The molecular formula is C20H30N4O2. The second kappa shape index (κ2) is 8.54. The summed E-state index contributed by atoms with van der Waals surface area (Å²) in [5, 5.41) is 7.54. The Labute approximate surface area is 155 Å². The third-order valence-electron chi connectivity index (χ3n) is 5.46. The molecule has 6 nitrogen and oxygen atoms in total. The first-order valence-electron chi connectivity index (χ1n) is 9.59. The van der Waals surface area contributed by atoms with Gasteiger partial charge in [-0.1, -0.05) is 6.42 Å². The van der Waals surface area contributed by atoms with Gasteiger partial charge in [0.2, 0.25) is 5.91 Å². The van der Waals surface area contributed by atoms with Gasteiger partial charge in [0, 0.05) is 25.7 Å². The monoisotopic (exact) mass is 358 g/mol. The molecule has 1 aliphatic rings. The summed E-state index contributed by atoms with van der Waals surface area (Å²) in [4.78, 5) is 14.8. The fourth-order valence-corrected chi connectivity index (χ4v) is 3.84. The Morgan fingerprint density at radius 2 is 2.08 bits per heavy atom. The molecule has 0 radical (unpaired) electrons. The van der Waals surface area contributed by atoms with Crippen LogP contribution in [-0.2, 0) is 18.3 Å². The number of hydrogen-bond donors (Lipinski definition) is 1. The minimum atomic E-state index is 0.0845. The van der Waals surface area contributed by atoms with E-state index < -0.39 is 0 Å². The molecule has 1 amide bonds. The van der Waals surface area contributed by atoms with Crippen molar-refractivity contribution in [2.45, 2.75) is 52.0 Å². The maximum Gasteiger partial charge on any atom is 0.220 e. The number of rotatable bonds is 7. The van der Waals surface area contributed by atoms with Crippen LogP contribution in [0.3, 0.4) is 0 Å². The summed E-state index contributed by atoms with van der Waals surface area (Å²) in [6, 6.07) is 4.05. The van der Waals surface area contributed by atoms with E-state index in [0.717, 1.165) is 36.7 Å². The molecule has 2 aromatic heterocycles. The van der Waals surface area contributed by atoms with Crippen LogP contribution < -0.4 is 5.32 Å². The topological polar surface area (TPSA) is 63.3 Å². The molecule has 6 heteroatoms. The lowest BCUT2D eigenvalue weighted by atomic mass is 10.1. The van der Waals surface area contributed by atoms with Crippen molar-refractivity contribution in [1.82, 2.24) is 20.0 Å². The summed E-state index contributed by atoms with van der Waals surface area (Å²) in [6.07, 6.45) is 6.64. The molecule has 3 heterocycles. The van der Waals surface area contributed by atoms with Crippen molar-refractivity contribution in [3.63, 3.8) is 0 Å². The number of piperidine rings is 1. The van der Waals surface area contributed by atoms with E-state index in [2.05, 4.69) is 22.2 Å². The minimum absolute atomic E-state index is 0.0845. The van der Waals surface area contributed by atoms with Crippen LogP contribution in [0.4, 0.5) is 0 Å². The van der Waals surface area contributed by atoms with Gasteiger partial charge in [0.05, 0.1) is 18.0 Å². The van der Waals surface area contributed by atoms with Crippen LogP contribution in [0.5, 0.6) is 0 Å². The average molecular weight is 358 g/mol. The minimum Gasteiger partial charge on any atom is -0.468 e. The highest BCUT2D eigenvalue weighted by Gasteiger charge is 2.25. The number of amides is 1. The van der Waals surface area contributed by atoms with Crippen LogP contribution in [0.1, 0.15) is 54.4 Å². The summed E-state index contributed by atoms with van der Waals surface area (Å²) in [5.41, 5.74) is 3.33. The van der Waals surface area contributed by atoms with E-state index in [1.54, 1.807) is 6.26 Å². The van der Waals surface area contributed by atoms with E-state index in [0.29, 0.717) is 13.0 Å². The summed E-state index contributed by atoms with van der Waals surface area (Å²) in [5.74, 6) is 1.02. The van der Waals surface area contributed by atoms with E-state index >= 15 is 0 Å². The summed E-state index contributed by atoms with van der Waals surface area (Å²) >= 11 is 0. The van der Waals surface area contributed by atoms with Crippen LogP contribution in [0, 0.1) is 13.8 Å². The number of aromatic nitrogens is 2. The fraction of sp³-hybridized carbons (Fsp3) is 0.600. The molecule has 1 atom stereocenters. The second-order valence-corrected chi connectivity index (χ2v) is 7.20. The molecular weight excluding hydrogens is 328 g/mol. The summed E-state index contributed by atoms with van der Waals surface area (Å²) < 4.78 is 7.52. The molecule has 26 heavy (non-hydrogen) atoms. The van der Waals surface area contributed by atoms with Gasteiger partial charge in [0.15, 0.2) is 0 Å². The molecule has 0 spiro atoms. The van der Waals surface area contributed by atoms with Crippen LogP contribution >= 0.6 is 0 Å². The van der Waals surface area contributed by atoms with Gasteiger partial charge < -0.3 is 9.73 Å². The van der Waals surface area contributed by atoms with Crippen LogP contribution in [0.25, 0.3) is 0 Å². The van der Waals surface area contributed by atoms with Gasteiger partial charge >= 0.3 is 0 Å². The molecule has 0 aliphatic carbocycles. The molecule has 0 saturated carbocycles. The predicted octanol–water partition coefficient (Wildman–Crippen LogP) is 2.91. The molecule has 3 rings (SSSR count). The number of furan rings is 1. The van der Waals surface area contributed by atoms with Crippen LogP contribution in [0.2, 0.25) is 0 Å². The lowest BCUT2D eigenvalue weighted by Gasteiger charge is -2.33.